The summed E-state index contributed by atoms with van der Waals surface area (Å²) in [4.78, 5) is 34.2. The van der Waals surface area contributed by atoms with Crippen molar-refractivity contribution >= 4 is 17.9 Å². The molecule has 0 amide bonds. The summed E-state index contributed by atoms with van der Waals surface area (Å²) in [5.74, 6) is -2.28. The number of carbonyl (C=O) groups excluding carboxylic acids is 3. The van der Waals surface area contributed by atoms with Gasteiger partial charge in [-0.1, -0.05) is 30.3 Å². The van der Waals surface area contributed by atoms with Gasteiger partial charge < -0.3 is 23.7 Å². The van der Waals surface area contributed by atoms with Crippen LogP contribution in [0.2, 0.25) is 0 Å². The Morgan fingerprint density at radius 1 is 0.929 bits per heavy atom. The Labute approximate surface area is 161 Å². The van der Waals surface area contributed by atoms with E-state index in [4.69, 9.17) is 23.7 Å². The van der Waals surface area contributed by atoms with E-state index in [1.165, 1.54) is 0 Å². The molecule has 1 saturated heterocycles. The number of benzene rings is 1. The molecular weight excluding hydrogens is 375 g/mol. The zero-order valence-corrected chi connectivity index (χ0v) is 15.8. The molecule has 28 heavy (non-hydrogen) atoms. The first-order valence-corrected chi connectivity index (χ1v) is 8.70. The second-order valence-corrected chi connectivity index (χ2v) is 6.25. The summed E-state index contributed by atoms with van der Waals surface area (Å²) < 4.78 is 41.0. The summed E-state index contributed by atoms with van der Waals surface area (Å²) in [5, 5.41) is 0. The molecule has 1 aliphatic heterocycles. The van der Waals surface area contributed by atoms with E-state index >= 15 is 0 Å². The molecule has 0 unspecified atom stereocenters. The van der Waals surface area contributed by atoms with Gasteiger partial charge in [0, 0.05) is 20.8 Å². The Kier molecular flexibility index (Phi) is 7.89. The van der Waals surface area contributed by atoms with E-state index < -0.39 is 48.7 Å². The Morgan fingerprint density at radius 3 is 2.07 bits per heavy atom. The lowest BCUT2D eigenvalue weighted by atomic mass is 10.00. The lowest BCUT2D eigenvalue weighted by Gasteiger charge is -2.41. The molecule has 8 nitrogen and oxygen atoms in total. The van der Waals surface area contributed by atoms with E-state index in [1.54, 1.807) is 0 Å². The summed E-state index contributed by atoms with van der Waals surface area (Å²) in [6.07, 6.45) is -7.46. The minimum absolute atomic E-state index is 0.196. The van der Waals surface area contributed by atoms with Crippen LogP contribution in [0.5, 0.6) is 0 Å². The van der Waals surface area contributed by atoms with Crippen LogP contribution in [-0.2, 0) is 44.7 Å². The van der Waals surface area contributed by atoms with Crippen LogP contribution in [0.1, 0.15) is 26.3 Å². The van der Waals surface area contributed by atoms with Crippen LogP contribution >= 0.6 is 0 Å². The van der Waals surface area contributed by atoms with Crippen LogP contribution in [0.15, 0.2) is 30.3 Å². The van der Waals surface area contributed by atoms with Crippen LogP contribution < -0.4 is 0 Å². The van der Waals surface area contributed by atoms with Gasteiger partial charge in [-0.25, -0.2) is 4.39 Å². The normalized spacial score (nSPS) is 26.9. The van der Waals surface area contributed by atoms with Gasteiger partial charge in [0.25, 0.3) is 0 Å². The molecule has 0 spiro atoms. The molecule has 0 saturated carbocycles. The second-order valence-electron chi connectivity index (χ2n) is 6.25. The van der Waals surface area contributed by atoms with E-state index in [0.717, 1.165) is 26.3 Å². The fraction of sp³-hybridized carbons (Fsp3) is 0.526. The van der Waals surface area contributed by atoms with E-state index in [1.807, 2.05) is 30.3 Å². The van der Waals surface area contributed by atoms with Crippen molar-refractivity contribution in [2.75, 3.05) is 6.61 Å². The number of rotatable bonds is 7. The SMILES string of the molecule is CC(=O)O[C@@H]1O[C@H](COCc2ccccc2)[C@@H](F)[C@@H](OC(C)=O)[C@H]1OC(C)=O. The Hall–Kier alpha value is -2.52. The van der Waals surface area contributed by atoms with E-state index in [9.17, 15) is 18.8 Å². The third-order valence-electron chi connectivity index (χ3n) is 3.85. The minimum atomic E-state index is -1.86. The summed E-state index contributed by atoms with van der Waals surface area (Å²) in [6.45, 7) is 3.32. The third-order valence-corrected chi connectivity index (χ3v) is 3.85. The summed E-state index contributed by atoms with van der Waals surface area (Å²) in [7, 11) is 0. The fourth-order valence-corrected chi connectivity index (χ4v) is 2.77. The summed E-state index contributed by atoms with van der Waals surface area (Å²) >= 11 is 0. The maximum Gasteiger partial charge on any atom is 0.305 e. The number of carbonyl (C=O) groups is 3. The van der Waals surface area contributed by atoms with Gasteiger partial charge in [-0.3, -0.25) is 14.4 Å². The number of hydrogen-bond donors (Lipinski definition) is 0. The maximum absolute atomic E-state index is 15.0. The first-order chi connectivity index (χ1) is 13.3. The van der Waals surface area contributed by atoms with E-state index in [2.05, 4.69) is 0 Å². The van der Waals surface area contributed by atoms with Crippen LogP contribution in [0.3, 0.4) is 0 Å². The number of hydrogen-bond acceptors (Lipinski definition) is 8. The van der Waals surface area contributed by atoms with Crippen LogP contribution in [0.25, 0.3) is 0 Å². The number of alkyl halides is 1. The zero-order valence-electron chi connectivity index (χ0n) is 15.8. The molecule has 0 radical (unpaired) electrons. The van der Waals surface area contributed by atoms with Crippen molar-refractivity contribution in [2.24, 2.45) is 0 Å². The van der Waals surface area contributed by atoms with Crippen molar-refractivity contribution in [2.45, 2.75) is 58.2 Å². The minimum Gasteiger partial charge on any atom is -0.455 e. The summed E-state index contributed by atoms with van der Waals surface area (Å²) in [5.41, 5.74) is 0.875. The molecule has 154 valence electrons. The van der Waals surface area contributed by atoms with Gasteiger partial charge in [0.2, 0.25) is 12.4 Å². The van der Waals surface area contributed by atoms with Crippen LogP contribution in [-0.4, -0.2) is 55.3 Å². The molecule has 1 aromatic rings. The molecule has 0 aliphatic carbocycles. The largest absolute Gasteiger partial charge is 0.455 e. The molecule has 1 aromatic carbocycles. The Bertz CT molecular complexity index is 680. The maximum atomic E-state index is 15.0. The Morgan fingerprint density at radius 2 is 1.50 bits per heavy atom. The highest BCUT2D eigenvalue weighted by molar-refractivity contribution is 5.68. The van der Waals surface area contributed by atoms with Gasteiger partial charge >= 0.3 is 17.9 Å². The van der Waals surface area contributed by atoms with Crippen molar-refractivity contribution in [3.63, 3.8) is 0 Å². The topological polar surface area (TPSA) is 97.4 Å². The predicted molar refractivity (Wildman–Crippen MR) is 92.5 cm³/mol. The van der Waals surface area contributed by atoms with E-state index in [0.29, 0.717) is 0 Å². The second kappa shape index (κ2) is 10.1. The Balaban J connectivity index is 2.13. The number of esters is 3. The van der Waals surface area contributed by atoms with Gasteiger partial charge in [-0.2, -0.15) is 0 Å². The van der Waals surface area contributed by atoms with E-state index in [-0.39, 0.29) is 13.2 Å². The molecule has 1 fully saturated rings. The molecule has 0 aromatic heterocycles. The molecule has 5 atom stereocenters. The van der Waals surface area contributed by atoms with Gasteiger partial charge in [-0.15, -0.1) is 0 Å². The lowest BCUT2D eigenvalue weighted by molar-refractivity contribution is -0.290. The molecule has 0 N–H and O–H groups in total. The quantitative estimate of drug-likeness (QED) is 0.506. The average Bonchev–Trinajstić information content (AvgIpc) is 2.61. The van der Waals surface area contributed by atoms with Gasteiger partial charge in [-0.05, 0) is 5.56 Å². The van der Waals surface area contributed by atoms with Crippen molar-refractivity contribution in [1.82, 2.24) is 0 Å². The molecular formula is C19H23FO8. The number of halogens is 1. The highest BCUT2D eigenvalue weighted by Crippen LogP contribution is 2.29. The van der Waals surface area contributed by atoms with Crippen LogP contribution in [0, 0.1) is 0 Å². The molecule has 2 rings (SSSR count). The molecule has 1 aliphatic rings. The van der Waals surface area contributed by atoms with Crippen molar-refractivity contribution in [1.29, 1.82) is 0 Å². The van der Waals surface area contributed by atoms with Crippen molar-refractivity contribution in [3.05, 3.63) is 35.9 Å². The molecule has 1 heterocycles. The van der Waals surface area contributed by atoms with Gasteiger partial charge in [0.1, 0.15) is 6.10 Å². The molecule has 0 bridgehead atoms. The molecule has 9 heteroatoms. The van der Waals surface area contributed by atoms with Crippen molar-refractivity contribution < 1.29 is 42.5 Å². The average molecular weight is 398 g/mol. The van der Waals surface area contributed by atoms with Crippen LogP contribution in [0.4, 0.5) is 4.39 Å². The predicted octanol–water partition coefficient (Wildman–Crippen LogP) is 1.69. The zero-order chi connectivity index (χ0) is 20.7. The first kappa shape index (κ1) is 21.8. The van der Waals surface area contributed by atoms with Gasteiger partial charge in [0.15, 0.2) is 12.3 Å². The standard InChI is InChI=1S/C19H23FO8/c1-11(21)25-17-16(20)15(10-24-9-14-7-5-4-6-8-14)28-19(27-13(3)23)18(17)26-12(2)22/h4-8,15-19H,9-10H2,1-3H3/t15-,16-,17-,18-,19-/m1/s1. The monoisotopic (exact) mass is 398 g/mol. The highest BCUT2D eigenvalue weighted by atomic mass is 19.1. The smallest absolute Gasteiger partial charge is 0.305 e. The fourth-order valence-electron chi connectivity index (χ4n) is 2.77. The van der Waals surface area contributed by atoms with Crippen molar-refractivity contribution in [3.8, 4) is 0 Å². The first-order valence-electron chi connectivity index (χ1n) is 8.70. The number of ether oxygens (including phenoxy) is 5. The van der Waals surface area contributed by atoms with Gasteiger partial charge in [0.05, 0.1) is 13.2 Å². The third kappa shape index (κ3) is 6.28. The summed E-state index contributed by atoms with van der Waals surface area (Å²) in [6, 6.07) is 9.22. The highest BCUT2D eigenvalue weighted by Gasteiger charge is 2.52. The lowest BCUT2D eigenvalue weighted by Crippen LogP contribution is -2.60.